The fraction of sp³-hybridized carbons (Fsp3) is 0.267. The number of furan rings is 1. The van der Waals surface area contributed by atoms with E-state index in [1.54, 1.807) is 12.1 Å². The highest BCUT2D eigenvalue weighted by molar-refractivity contribution is 6.31. The molecule has 2 aromatic rings. The largest absolute Gasteiger partial charge is 0.459 e. The van der Waals surface area contributed by atoms with Crippen LogP contribution in [0.3, 0.4) is 0 Å². The molecule has 1 saturated heterocycles. The lowest BCUT2D eigenvalue weighted by Crippen LogP contribution is -2.30. The molecule has 3 rings (SSSR count). The third-order valence-corrected chi connectivity index (χ3v) is 3.85. The predicted molar refractivity (Wildman–Crippen MR) is 73.2 cm³/mol. The fourth-order valence-corrected chi connectivity index (χ4v) is 2.88. The lowest BCUT2D eigenvalue weighted by atomic mass is 10.0. The number of likely N-dealkylation sites (tertiary alicyclic amines) is 1. The molecule has 1 aromatic heterocycles. The molecule has 1 fully saturated rings. The molecular weight excluding hydrogens is 262 g/mol. The normalized spacial score (nSPS) is 18.8. The van der Waals surface area contributed by atoms with Gasteiger partial charge >= 0.3 is 0 Å². The fourth-order valence-electron chi connectivity index (χ4n) is 2.62. The molecule has 0 saturated carbocycles. The number of halogens is 1. The zero-order valence-corrected chi connectivity index (χ0v) is 11.1. The first-order valence-electron chi connectivity index (χ1n) is 6.36. The number of amides is 1. The van der Waals surface area contributed by atoms with Crippen LogP contribution in [0.1, 0.15) is 35.0 Å². The highest BCUT2D eigenvalue weighted by atomic mass is 35.5. The summed E-state index contributed by atoms with van der Waals surface area (Å²) >= 11 is 6.24. The molecule has 0 radical (unpaired) electrons. The Morgan fingerprint density at radius 1 is 1.26 bits per heavy atom. The molecule has 3 nitrogen and oxygen atoms in total. The average Bonchev–Trinajstić information content (AvgIpc) is 3.10. The third-order valence-electron chi connectivity index (χ3n) is 3.51. The minimum absolute atomic E-state index is 0.0475. The number of benzene rings is 1. The van der Waals surface area contributed by atoms with E-state index in [9.17, 15) is 4.79 Å². The standard InChI is InChI=1S/C15H14ClNO2/c16-12-6-2-1-5-11(12)13-7-3-9-17(13)15(18)14-8-4-10-19-14/h1-2,4-6,8,10,13H,3,7,9H2. The van der Waals surface area contributed by atoms with E-state index in [1.807, 2.05) is 29.2 Å². The smallest absolute Gasteiger partial charge is 0.290 e. The molecule has 19 heavy (non-hydrogen) atoms. The summed E-state index contributed by atoms with van der Waals surface area (Å²) < 4.78 is 5.20. The lowest BCUT2D eigenvalue weighted by Gasteiger charge is -2.24. The van der Waals surface area contributed by atoms with E-state index in [2.05, 4.69) is 0 Å². The van der Waals surface area contributed by atoms with Crippen molar-refractivity contribution >= 4 is 17.5 Å². The van der Waals surface area contributed by atoms with Crippen molar-refractivity contribution in [1.82, 2.24) is 4.90 Å². The van der Waals surface area contributed by atoms with E-state index in [-0.39, 0.29) is 11.9 Å². The summed E-state index contributed by atoms with van der Waals surface area (Å²) in [5.41, 5.74) is 1.02. The van der Waals surface area contributed by atoms with E-state index in [4.69, 9.17) is 16.0 Å². The SMILES string of the molecule is O=C(c1ccco1)N1CCCC1c1ccccc1Cl. The molecule has 98 valence electrons. The maximum atomic E-state index is 12.4. The first kappa shape index (κ1) is 12.3. The Labute approximate surface area is 116 Å². The van der Waals surface area contributed by atoms with Gasteiger partial charge in [-0.05, 0) is 36.6 Å². The quantitative estimate of drug-likeness (QED) is 0.832. The average molecular weight is 276 g/mol. The number of nitrogens with zero attached hydrogens (tertiary/aromatic N) is 1. The van der Waals surface area contributed by atoms with Gasteiger partial charge in [0.1, 0.15) is 0 Å². The molecule has 1 aliphatic rings. The van der Waals surface area contributed by atoms with Gasteiger partial charge in [0.25, 0.3) is 5.91 Å². The van der Waals surface area contributed by atoms with Crippen molar-refractivity contribution in [3.63, 3.8) is 0 Å². The topological polar surface area (TPSA) is 33.5 Å². The van der Waals surface area contributed by atoms with Crippen molar-refractivity contribution in [2.45, 2.75) is 18.9 Å². The van der Waals surface area contributed by atoms with Gasteiger partial charge in [0.2, 0.25) is 0 Å². The number of hydrogen-bond donors (Lipinski definition) is 0. The lowest BCUT2D eigenvalue weighted by molar-refractivity contribution is 0.0703. The second-order valence-corrected chi connectivity index (χ2v) is 5.06. The molecule has 4 heteroatoms. The molecule has 1 aliphatic heterocycles. The number of hydrogen-bond acceptors (Lipinski definition) is 2. The highest BCUT2D eigenvalue weighted by Crippen LogP contribution is 2.36. The minimum Gasteiger partial charge on any atom is -0.459 e. The van der Waals surface area contributed by atoms with Gasteiger partial charge in [-0.2, -0.15) is 0 Å². The summed E-state index contributed by atoms with van der Waals surface area (Å²) in [6, 6.07) is 11.2. The number of rotatable bonds is 2. The van der Waals surface area contributed by atoms with Crippen molar-refractivity contribution < 1.29 is 9.21 Å². The van der Waals surface area contributed by atoms with Crippen molar-refractivity contribution in [3.05, 3.63) is 59.0 Å². The van der Waals surface area contributed by atoms with Crippen LogP contribution in [-0.2, 0) is 0 Å². The number of carbonyl (C=O) groups is 1. The zero-order valence-electron chi connectivity index (χ0n) is 10.4. The Kier molecular flexibility index (Phi) is 3.30. The van der Waals surface area contributed by atoms with Gasteiger partial charge in [-0.25, -0.2) is 0 Å². The summed E-state index contributed by atoms with van der Waals surface area (Å²) in [6.45, 7) is 0.745. The molecule has 1 aromatic carbocycles. The van der Waals surface area contributed by atoms with Gasteiger partial charge in [0.05, 0.1) is 12.3 Å². The molecule has 2 heterocycles. The van der Waals surface area contributed by atoms with E-state index >= 15 is 0 Å². The monoisotopic (exact) mass is 275 g/mol. The first-order valence-corrected chi connectivity index (χ1v) is 6.74. The summed E-state index contributed by atoms with van der Waals surface area (Å²) in [5.74, 6) is 0.325. The van der Waals surface area contributed by atoms with Gasteiger partial charge in [0, 0.05) is 11.6 Å². The van der Waals surface area contributed by atoms with Crippen LogP contribution in [-0.4, -0.2) is 17.4 Å². The Balaban J connectivity index is 1.90. The molecule has 1 atom stereocenters. The van der Waals surface area contributed by atoms with Gasteiger partial charge in [-0.3, -0.25) is 4.79 Å². The van der Waals surface area contributed by atoms with Crippen LogP contribution in [0.5, 0.6) is 0 Å². The molecule has 1 unspecified atom stereocenters. The van der Waals surface area contributed by atoms with Crippen LogP contribution < -0.4 is 0 Å². The van der Waals surface area contributed by atoms with Crippen LogP contribution in [0.4, 0.5) is 0 Å². The summed E-state index contributed by atoms with van der Waals surface area (Å²) in [5, 5.41) is 0.714. The zero-order chi connectivity index (χ0) is 13.2. The maximum Gasteiger partial charge on any atom is 0.290 e. The molecular formula is C15H14ClNO2. The Morgan fingerprint density at radius 2 is 2.11 bits per heavy atom. The van der Waals surface area contributed by atoms with Crippen LogP contribution in [0, 0.1) is 0 Å². The van der Waals surface area contributed by atoms with Gasteiger partial charge in [-0.1, -0.05) is 29.8 Å². The van der Waals surface area contributed by atoms with Gasteiger partial charge < -0.3 is 9.32 Å². The first-order chi connectivity index (χ1) is 9.27. The van der Waals surface area contributed by atoms with Crippen molar-refractivity contribution in [1.29, 1.82) is 0 Å². The summed E-state index contributed by atoms with van der Waals surface area (Å²) in [6.07, 6.45) is 3.45. The molecule has 0 N–H and O–H groups in total. The predicted octanol–water partition coefficient (Wildman–Crippen LogP) is 3.91. The Bertz CT molecular complexity index is 580. The molecule has 1 amide bonds. The van der Waals surface area contributed by atoms with E-state index in [1.165, 1.54) is 6.26 Å². The summed E-state index contributed by atoms with van der Waals surface area (Å²) in [4.78, 5) is 14.2. The maximum absolute atomic E-state index is 12.4. The van der Waals surface area contributed by atoms with Crippen molar-refractivity contribution in [2.75, 3.05) is 6.54 Å². The van der Waals surface area contributed by atoms with Crippen LogP contribution >= 0.6 is 11.6 Å². The molecule has 0 aliphatic carbocycles. The van der Waals surface area contributed by atoms with Crippen molar-refractivity contribution in [2.24, 2.45) is 0 Å². The van der Waals surface area contributed by atoms with Gasteiger partial charge in [-0.15, -0.1) is 0 Å². The van der Waals surface area contributed by atoms with E-state index in [0.29, 0.717) is 10.8 Å². The number of carbonyl (C=O) groups excluding carboxylic acids is 1. The molecule has 0 spiro atoms. The Morgan fingerprint density at radius 3 is 2.84 bits per heavy atom. The third kappa shape index (κ3) is 2.26. The van der Waals surface area contributed by atoms with E-state index < -0.39 is 0 Å². The summed E-state index contributed by atoms with van der Waals surface area (Å²) in [7, 11) is 0. The van der Waals surface area contributed by atoms with Crippen molar-refractivity contribution in [3.8, 4) is 0 Å². The second kappa shape index (κ2) is 5.10. The highest BCUT2D eigenvalue weighted by Gasteiger charge is 2.32. The van der Waals surface area contributed by atoms with Crippen LogP contribution in [0.25, 0.3) is 0 Å². The minimum atomic E-state index is -0.0626. The van der Waals surface area contributed by atoms with E-state index in [0.717, 1.165) is 24.9 Å². The van der Waals surface area contributed by atoms with Crippen LogP contribution in [0.2, 0.25) is 5.02 Å². The molecule has 0 bridgehead atoms. The van der Waals surface area contributed by atoms with Gasteiger partial charge in [0.15, 0.2) is 5.76 Å². The second-order valence-electron chi connectivity index (χ2n) is 4.66. The Hall–Kier alpha value is -1.74. The van der Waals surface area contributed by atoms with Crippen LogP contribution in [0.15, 0.2) is 47.1 Å².